The minimum Gasteiger partial charge on any atom is -0.481 e. The van der Waals surface area contributed by atoms with Gasteiger partial charge in [-0.1, -0.05) is 76.8 Å². The van der Waals surface area contributed by atoms with Crippen LogP contribution in [-0.4, -0.2) is 24.3 Å². The summed E-state index contributed by atoms with van der Waals surface area (Å²) < 4.78 is 35.6. The second kappa shape index (κ2) is 15.5. The third-order valence-corrected chi connectivity index (χ3v) is 2.89. The Kier molecular flexibility index (Phi) is 15.3. The van der Waals surface area contributed by atoms with Crippen molar-refractivity contribution in [2.75, 3.05) is 12.5 Å². The summed E-state index contributed by atoms with van der Waals surface area (Å²) in [5.41, 5.74) is 6.36. The molecule has 7 heteroatoms. The molecule has 0 saturated carbocycles. The van der Waals surface area contributed by atoms with Gasteiger partial charge >= 0.3 is 12.1 Å². The van der Waals surface area contributed by atoms with E-state index in [0.29, 0.717) is 5.92 Å². The van der Waals surface area contributed by atoms with E-state index in [4.69, 9.17) is 5.11 Å². The molecular weight excluding hydrogens is 369 g/mol. The quantitative estimate of drug-likeness (QED) is 0.402. The zero-order valence-corrected chi connectivity index (χ0v) is 17.1. The van der Waals surface area contributed by atoms with Crippen LogP contribution < -0.4 is 10.9 Å². The van der Waals surface area contributed by atoms with Crippen molar-refractivity contribution in [1.82, 2.24) is 5.43 Å². The number of hydrazine groups is 1. The summed E-state index contributed by atoms with van der Waals surface area (Å²) >= 11 is 0. The van der Waals surface area contributed by atoms with Gasteiger partial charge in [0.2, 0.25) is 0 Å². The van der Waals surface area contributed by atoms with Crippen molar-refractivity contribution in [3.05, 3.63) is 66.3 Å². The van der Waals surface area contributed by atoms with E-state index in [0.717, 1.165) is 17.3 Å². The Labute approximate surface area is 165 Å². The minimum atomic E-state index is -4.32. The summed E-state index contributed by atoms with van der Waals surface area (Å²) in [6, 6.07) is 7.28. The highest BCUT2D eigenvalue weighted by Gasteiger charge is 2.29. The van der Waals surface area contributed by atoms with Crippen molar-refractivity contribution in [1.29, 1.82) is 0 Å². The molecule has 0 atom stereocenters. The molecule has 1 aromatic carbocycles. The van der Waals surface area contributed by atoms with Crippen molar-refractivity contribution in [2.45, 2.75) is 40.3 Å². The number of halogens is 3. The van der Waals surface area contributed by atoms with Crippen molar-refractivity contribution in [3.63, 3.8) is 0 Å². The molecule has 0 heterocycles. The molecule has 28 heavy (non-hydrogen) atoms. The number of allylic oxidation sites excluding steroid dienone is 5. The van der Waals surface area contributed by atoms with E-state index in [-0.39, 0.29) is 6.42 Å². The van der Waals surface area contributed by atoms with Crippen molar-refractivity contribution in [2.24, 2.45) is 5.92 Å². The number of carbonyl (C=O) groups is 1. The van der Waals surface area contributed by atoms with Gasteiger partial charge in [-0.15, -0.1) is 0 Å². The SMILES string of the molecule is C=C(/C=C\C=C/C(C)C)C(F)(F)F.CC.CNNc1ccccc1CC(=O)O. The lowest BCUT2D eigenvalue weighted by atomic mass is 10.1. The van der Waals surface area contributed by atoms with Crippen LogP contribution in [0.2, 0.25) is 0 Å². The van der Waals surface area contributed by atoms with Crippen LogP contribution in [0.5, 0.6) is 0 Å². The van der Waals surface area contributed by atoms with Gasteiger partial charge in [0.25, 0.3) is 0 Å². The molecule has 3 N–H and O–H groups in total. The van der Waals surface area contributed by atoms with Gasteiger partial charge in [-0.05, 0) is 17.5 Å². The predicted molar refractivity (Wildman–Crippen MR) is 110 cm³/mol. The van der Waals surface area contributed by atoms with Gasteiger partial charge in [0.1, 0.15) is 0 Å². The van der Waals surface area contributed by atoms with E-state index in [2.05, 4.69) is 17.4 Å². The van der Waals surface area contributed by atoms with E-state index in [1.807, 2.05) is 45.9 Å². The molecule has 0 aliphatic heterocycles. The smallest absolute Gasteiger partial charge is 0.415 e. The van der Waals surface area contributed by atoms with E-state index in [1.54, 1.807) is 25.3 Å². The molecule has 0 bridgehead atoms. The average molecular weight is 400 g/mol. The second-order valence-electron chi connectivity index (χ2n) is 5.61. The van der Waals surface area contributed by atoms with Crippen LogP contribution in [-0.2, 0) is 11.2 Å². The van der Waals surface area contributed by atoms with Gasteiger partial charge < -0.3 is 10.5 Å². The standard InChI is InChI=1S/C10H13F3.C9H12N2O2.C2H6/c1-8(2)6-4-5-7-9(3)10(11,12)13;1-10-11-8-5-3-2-4-7(8)6-9(12)13;1-2/h4-8H,3H2,1-2H3;2-5,10-11H,6H2,1H3,(H,12,13);1-2H3/b6-4-,7-5-;;. The number of hydrogen-bond acceptors (Lipinski definition) is 3. The Morgan fingerprint density at radius 1 is 1.21 bits per heavy atom. The molecule has 1 rings (SSSR count). The predicted octanol–water partition coefficient (Wildman–Crippen LogP) is 5.76. The topological polar surface area (TPSA) is 61.4 Å². The Hall–Kier alpha value is -2.54. The number of aliphatic carboxylic acids is 1. The van der Waals surface area contributed by atoms with Crippen molar-refractivity contribution in [3.8, 4) is 0 Å². The molecule has 0 aliphatic rings. The first-order valence-corrected chi connectivity index (χ1v) is 8.91. The number of para-hydroxylation sites is 1. The molecule has 0 saturated heterocycles. The lowest BCUT2D eigenvalue weighted by Gasteiger charge is -2.08. The minimum absolute atomic E-state index is 0.0326. The van der Waals surface area contributed by atoms with Gasteiger partial charge in [-0.2, -0.15) is 13.2 Å². The number of carboxylic acid groups (broad SMARTS) is 1. The molecule has 0 fully saturated rings. The molecule has 158 valence electrons. The number of hydrogen-bond donors (Lipinski definition) is 3. The number of rotatable bonds is 7. The van der Waals surface area contributed by atoms with Crippen molar-refractivity contribution < 1.29 is 23.1 Å². The Morgan fingerprint density at radius 3 is 2.25 bits per heavy atom. The number of anilines is 1. The summed E-state index contributed by atoms with van der Waals surface area (Å²) in [6.07, 6.45) is 1.41. The van der Waals surface area contributed by atoms with E-state index in [9.17, 15) is 18.0 Å². The summed E-state index contributed by atoms with van der Waals surface area (Å²) in [5, 5.41) is 8.61. The zero-order chi connectivity index (χ0) is 22.2. The average Bonchev–Trinajstić information content (AvgIpc) is 2.61. The fourth-order valence-corrected chi connectivity index (χ4v) is 1.65. The van der Waals surface area contributed by atoms with Gasteiger partial charge in [-0.25, -0.2) is 5.43 Å². The third kappa shape index (κ3) is 14.6. The second-order valence-corrected chi connectivity index (χ2v) is 5.61. The number of benzene rings is 1. The lowest BCUT2D eigenvalue weighted by Crippen LogP contribution is -2.17. The zero-order valence-electron chi connectivity index (χ0n) is 17.1. The maximum Gasteiger partial charge on any atom is 0.415 e. The summed E-state index contributed by atoms with van der Waals surface area (Å²) in [5.74, 6) is -0.492. The molecule has 0 radical (unpaired) electrons. The fourth-order valence-electron chi connectivity index (χ4n) is 1.65. The molecule has 4 nitrogen and oxygen atoms in total. The van der Waals surface area contributed by atoms with Crippen LogP contribution in [0.3, 0.4) is 0 Å². The van der Waals surface area contributed by atoms with Crippen LogP contribution >= 0.6 is 0 Å². The number of nitrogens with one attached hydrogen (secondary N) is 2. The number of carboxylic acids is 1. The molecule has 0 unspecified atom stereocenters. The highest BCUT2D eigenvalue weighted by Crippen LogP contribution is 2.24. The number of alkyl halides is 3. The molecule has 0 amide bonds. The summed E-state index contributed by atoms with van der Waals surface area (Å²) in [6.45, 7) is 10.8. The lowest BCUT2D eigenvalue weighted by molar-refractivity contribution is -0.136. The molecular formula is C21H31F3N2O2. The van der Waals surface area contributed by atoms with Gasteiger partial charge in [0.05, 0.1) is 12.1 Å². The maximum atomic E-state index is 11.9. The van der Waals surface area contributed by atoms with Gasteiger partial charge in [-0.3, -0.25) is 4.79 Å². The molecule has 0 aromatic heterocycles. The van der Waals surface area contributed by atoms with Crippen molar-refractivity contribution >= 4 is 11.7 Å². The van der Waals surface area contributed by atoms with Crippen LogP contribution in [0.25, 0.3) is 0 Å². The maximum absolute atomic E-state index is 11.9. The van der Waals surface area contributed by atoms with E-state index in [1.165, 1.54) is 6.08 Å². The first kappa shape index (κ1) is 27.7. The van der Waals surface area contributed by atoms with Gasteiger partial charge in [0.15, 0.2) is 0 Å². The van der Waals surface area contributed by atoms with Crippen LogP contribution in [0.4, 0.5) is 18.9 Å². The van der Waals surface area contributed by atoms with E-state index >= 15 is 0 Å². The fraction of sp³-hybridized carbons (Fsp3) is 0.381. The Morgan fingerprint density at radius 2 is 1.79 bits per heavy atom. The normalized spacial score (nSPS) is 10.9. The largest absolute Gasteiger partial charge is 0.481 e. The van der Waals surface area contributed by atoms with E-state index < -0.39 is 17.7 Å². The summed E-state index contributed by atoms with van der Waals surface area (Å²) in [4.78, 5) is 10.5. The molecule has 1 aromatic rings. The Bertz CT molecular complexity index is 637. The summed E-state index contributed by atoms with van der Waals surface area (Å²) in [7, 11) is 1.73. The highest BCUT2D eigenvalue weighted by atomic mass is 19.4. The Balaban J connectivity index is 0. The van der Waals surface area contributed by atoms with Crippen LogP contribution in [0.1, 0.15) is 33.3 Å². The third-order valence-electron chi connectivity index (χ3n) is 2.89. The first-order valence-electron chi connectivity index (χ1n) is 8.91. The molecule has 0 spiro atoms. The van der Waals surface area contributed by atoms with Crippen LogP contribution in [0.15, 0.2) is 60.7 Å². The first-order chi connectivity index (χ1) is 13.1. The monoisotopic (exact) mass is 400 g/mol. The molecule has 0 aliphatic carbocycles. The van der Waals surface area contributed by atoms with Crippen LogP contribution in [0, 0.1) is 5.92 Å². The van der Waals surface area contributed by atoms with Gasteiger partial charge in [0, 0.05) is 12.6 Å². The highest BCUT2D eigenvalue weighted by molar-refractivity contribution is 5.73.